The van der Waals surface area contributed by atoms with Gasteiger partial charge in [0.15, 0.2) is 6.10 Å². The molecule has 0 saturated heterocycles. The summed E-state index contributed by atoms with van der Waals surface area (Å²) in [5, 5.41) is 16.7. The van der Waals surface area contributed by atoms with Gasteiger partial charge >= 0.3 is 11.9 Å². The van der Waals surface area contributed by atoms with Crippen LogP contribution in [0, 0.1) is 0 Å². The summed E-state index contributed by atoms with van der Waals surface area (Å²) in [6, 6.07) is 0. The number of carbonyl (C=O) groups is 2. The molecule has 0 aliphatic rings. The molecule has 0 bridgehead atoms. The van der Waals surface area contributed by atoms with Crippen LogP contribution >= 0.6 is 0 Å². The Kier molecular flexibility index (Phi) is 5.54. The molecule has 0 spiro atoms. The first-order valence-corrected chi connectivity index (χ1v) is 3.78. The van der Waals surface area contributed by atoms with Crippen LogP contribution in [0.2, 0.25) is 0 Å². The van der Waals surface area contributed by atoms with Gasteiger partial charge in [-0.05, 0) is 13.3 Å². The smallest absolute Gasteiger partial charge is 0.344 e. The molecule has 0 saturated carbocycles. The Hall–Kier alpha value is -1.36. The van der Waals surface area contributed by atoms with E-state index in [-0.39, 0.29) is 6.61 Å². The number of rotatable bonds is 5. The molecule has 0 rings (SSSR count). The normalized spacial score (nSPS) is 12.8. The molecule has 0 fully saturated rings. The number of carbonyl (C=O) groups excluding carboxylic acids is 1. The van der Waals surface area contributed by atoms with E-state index in [2.05, 4.69) is 4.74 Å². The van der Waals surface area contributed by atoms with Crippen LogP contribution in [0.1, 0.15) is 13.3 Å². The molecular formula is C8H12O5. The Labute approximate surface area is 75.6 Å². The third kappa shape index (κ3) is 5.86. The van der Waals surface area contributed by atoms with Crippen molar-refractivity contribution in [1.29, 1.82) is 0 Å². The molecule has 1 unspecified atom stereocenters. The van der Waals surface area contributed by atoms with E-state index in [1.54, 1.807) is 0 Å². The fourth-order valence-electron chi connectivity index (χ4n) is 0.518. The third-order valence-corrected chi connectivity index (χ3v) is 1.19. The van der Waals surface area contributed by atoms with Crippen LogP contribution in [0.5, 0.6) is 0 Å². The lowest BCUT2D eigenvalue weighted by Crippen LogP contribution is -2.22. The lowest BCUT2D eigenvalue weighted by Gasteiger charge is -2.05. The van der Waals surface area contributed by atoms with Crippen molar-refractivity contribution in [3.8, 4) is 0 Å². The summed E-state index contributed by atoms with van der Waals surface area (Å²) < 4.78 is 4.45. The Bertz CT molecular complexity index is 209. The number of carboxylic acids is 1. The van der Waals surface area contributed by atoms with Crippen LogP contribution < -0.4 is 0 Å². The fraction of sp³-hybridized carbons (Fsp3) is 0.500. The third-order valence-electron chi connectivity index (χ3n) is 1.19. The summed E-state index contributed by atoms with van der Waals surface area (Å²) in [6.07, 6.45) is 1.70. The zero-order chi connectivity index (χ0) is 10.3. The van der Waals surface area contributed by atoms with E-state index < -0.39 is 18.0 Å². The van der Waals surface area contributed by atoms with Gasteiger partial charge in [0.25, 0.3) is 0 Å². The van der Waals surface area contributed by atoms with E-state index >= 15 is 0 Å². The number of aliphatic carboxylic acids is 1. The predicted octanol–water partition coefficient (Wildman–Crippen LogP) is -0.0587. The largest absolute Gasteiger partial charge is 0.479 e. The van der Waals surface area contributed by atoms with Gasteiger partial charge in [-0.3, -0.25) is 0 Å². The van der Waals surface area contributed by atoms with Crippen molar-refractivity contribution in [1.82, 2.24) is 0 Å². The van der Waals surface area contributed by atoms with Crippen molar-refractivity contribution in [3.05, 3.63) is 12.2 Å². The van der Waals surface area contributed by atoms with Crippen LogP contribution in [-0.4, -0.2) is 34.9 Å². The molecule has 5 nitrogen and oxygen atoms in total. The lowest BCUT2D eigenvalue weighted by atomic mass is 10.4. The molecule has 0 aromatic heterocycles. The van der Waals surface area contributed by atoms with Crippen LogP contribution in [-0.2, 0) is 14.3 Å². The minimum absolute atomic E-state index is 0.0573. The SMILES string of the molecule is CC(OC(=O)C=CCCO)C(=O)O. The first-order valence-electron chi connectivity index (χ1n) is 3.78. The second-order valence-corrected chi connectivity index (χ2v) is 2.33. The molecule has 5 heteroatoms. The van der Waals surface area contributed by atoms with Gasteiger partial charge in [-0.25, -0.2) is 9.59 Å². The van der Waals surface area contributed by atoms with Crippen molar-refractivity contribution < 1.29 is 24.5 Å². The molecule has 0 aliphatic carbocycles. The number of hydrogen-bond donors (Lipinski definition) is 2. The standard InChI is InChI=1S/C8H12O5/c1-6(8(11)12)13-7(10)4-2-3-5-9/h2,4,6,9H,3,5H2,1H3,(H,11,12). The van der Waals surface area contributed by atoms with Crippen molar-refractivity contribution in [2.24, 2.45) is 0 Å². The molecule has 2 N–H and O–H groups in total. The highest BCUT2D eigenvalue weighted by Gasteiger charge is 2.13. The number of esters is 1. The van der Waals surface area contributed by atoms with Gasteiger partial charge in [-0.15, -0.1) is 0 Å². The first-order chi connectivity index (χ1) is 6.07. The zero-order valence-corrected chi connectivity index (χ0v) is 7.27. The average molecular weight is 188 g/mol. The molecule has 0 radical (unpaired) electrons. The maximum absolute atomic E-state index is 10.8. The van der Waals surface area contributed by atoms with Crippen molar-refractivity contribution in [2.45, 2.75) is 19.4 Å². The average Bonchev–Trinajstić information content (AvgIpc) is 2.04. The fourth-order valence-corrected chi connectivity index (χ4v) is 0.518. The molecule has 74 valence electrons. The van der Waals surface area contributed by atoms with Gasteiger partial charge in [0, 0.05) is 12.7 Å². The minimum Gasteiger partial charge on any atom is -0.479 e. The Morgan fingerprint density at radius 2 is 2.15 bits per heavy atom. The molecule has 13 heavy (non-hydrogen) atoms. The summed E-state index contributed by atoms with van der Waals surface area (Å²) in [7, 11) is 0. The second kappa shape index (κ2) is 6.19. The van der Waals surface area contributed by atoms with Gasteiger partial charge < -0.3 is 14.9 Å². The minimum atomic E-state index is -1.19. The maximum Gasteiger partial charge on any atom is 0.344 e. The van der Waals surface area contributed by atoms with E-state index in [1.807, 2.05) is 0 Å². The summed E-state index contributed by atoms with van der Waals surface area (Å²) in [4.78, 5) is 21.0. The Balaban J connectivity index is 3.80. The second-order valence-electron chi connectivity index (χ2n) is 2.33. The van der Waals surface area contributed by atoms with Gasteiger partial charge in [0.2, 0.25) is 0 Å². The van der Waals surface area contributed by atoms with Crippen LogP contribution in [0.3, 0.4) is 0 Å². The van der Waals surface area contributed by atoms with Gasteiger partial charge in [-0.2, -0.15) is 0 Å². The van der Waals surface area contributed by atoms with E-state index in [0.717, 1.165) is 6.08 Å². The molecular weight excluding hydrogens is 176 g/mol. The monoisotopic (exact) mass is 188 g/mol. The highest BCUT2D eigenvalue weighted by molar-refractivity contribution is 5.84. The highest BCUT2D eigenvalue weighted by Crippen LogP contribution is 1.93. The van der Waals surface area contributed by atoms with Crippen LogP contribution in [0.4, 0.5) is 0 Å². The zero-order valence-electron chi connectivity index (χ0n) is 7.27. The molecule has 1 atom stereocenters. The highest BCUT2D eigenvalue weighted by atomic mass is 16.6. The van der Waals surface area contributed by atoms with Crippen molar-refractivity contribution >= 4 is 11.9 Å². The summed E-state index contributed by atoms with van der Waals surface area (Å²) in [5.74, 6) is -1.91. The lowest BCUT2D eigenvalue weighted by molar-refractivity contribution is -0.159. The van der Waals surface area contributed by atoms with E-state index in [9.17, 15) is 9.59 Å². The van der Waals surface area contributed by atoms with Gasteiger partial charge in [0.05, 0.1) is 0 Å². The van der Waals surface area contributed by atoms with Gasteiger partial charge in [0.1, 0.15) is 0 Å². The first kappa shape index (κ1) is 11.6. The van der Waals surface area contributed by atoms with Crippen LogP contribution in [0.15, 0.2) is 12.2 Å². The van der Waals surface area contributed by atoms with Crippen LogP contribution in [0.25, 0.3) is 0 Å². The summed E-state index contributed by atoms with van der Waals surface area (Å²) >= 11 is 0. The topological polar surface area (TPSA) is 83.8 Å². The number of aliphatic hydroxyl groups is 1. The Morgan fingerprint density at radius 1 is 1.54 bits per heavy atom. The maximum atomic E-state index is 10.8. The molecule has 0 amide bonds. The molecule has 0 heterocycles. The summed E-state index contributed by atoms with van der Waals surface area (Å²) in [6.45, 7) is 1.21. The summed E-state index contributed by atoms with van der Waals surface area (Å²) in [5.41, 5.74) is 0. The van der Waals surface area contributed by atoms with Crippen molar-refractivity contribution in [2.75, 3.05) is 6.61 Å². The van der Waals surface area contributed by atoms with Crippen molar-refractivity contribution in [3.63, 3.8) is 0 Å². The quantitative estimate of drug-likeness (QED) is 0.466. The molecule has 0 aromatic rings. The predicted molar refractivity (Wildman–Crippen MR) is 44.0 cm³/mol. The van der Waals surface area contributed by atoms with E-state index in [0.29, 0.717) is 6.42 Å². The van der Waals surface area contributed by atoms with Gasteiger partial charge in [-0.1, -0.05) is 6.08 Å². The number of hydrogen-bond acceptors (Lipinski definition) is 4. The number of aliphatic hydroxyl groups excluding tert-OH is 1. The number of ether oxygens (including phenoxy) is 1. The number of carboxylic acid groups (broad SMARTS) is 1. The van der Waals surface area contributed by atoms with E-state index in [4.69, 9.17) is 10.2 Å². The molecule has 0 aliphatic heterocycles. The molecule has 0 aromatic carbocycles. The van der Waals surface area contributed by atoms with E-state index in [1.165, 1.54) is 13.0 Å². The Morgan fingerprint density at radius 3 is 2.62 bits per heavy atom.